The molecule has 0 radical (unpaired) electrons. The van der Waals surface area contributed by atoms with Crippen molar-refractivity contribution in [1.29, 1.82) is 0 Å². The molecule has 0 aromatic heterocycles. The van der Waals surface area contributed by atoms with Gasteiger partial charge in [-0.05, 0) is 32.4 Å². The van der Waals surface area contributed by atoms with E-state index < -0.39 is 50.4 Å². The molecule has 0 bridgehead atoms. The molecule has 13 heteroatoms. The van der Waals surface area contributed by atoms with E-state index >= 15 is 0 Å². The van der Waals surface area contributed by atoms with Crippen LogP contribution in [0.5, 0.6) is 0 Å². The van der Waals surface area contributed by atoms with Crippen molar-refractivity contribution in [3.63, 3.8) is 0 Å². The summed E-state index contributed by atoms with van der Waals surface area (Å²) in [6.45, 7) is -2.41. The van der Waals surface area contributed by atoms with E-state index in [-0.39, 0.29) is 13.0 Å². The minimum Gasteiger partial charge on any atom is -0.317 e. The largest absolute Gasteiger partial charge is 0.369 e. The fourth-order valence-corrected chi connectivity index (χ4v) is 1.29. The van der Waals surface area contributed by atoms with Gasteiger partial charge in [0.2, 0.25) is 0 Å². The molecule has 0 unspecified atom stereocenters. The third-order valence-electron chi connectivity index (χ3n) is 2.84. The highest BCUT2D eigenvalue weighted by Gasteiger charge is 2.61. The Morgan fingerprint density at radius 3 is 1.54 bits per heavy atom. The van der Waals surface area contributed by atoms with Crippen LogP contribution in [-0.4, -0.2) is 57.1 Å². The van der Waals surface area contributed by atoms with E-state index in [0.29, 0.717) is 19.4 Å². The quantitative estimate of drug-likeness (QED) is 0.327. The maximum Gasteiger partial charge on any atom is 0.369 e. The van der Waals surface area contributed by atoms with Crippen molar-refractivity contribution in [1.82, 2.24) is 5.32 Å². The van der Waals surface area contributed by atoms with Crippen LogP contribution < -0.4 is 5.32 Å². The second-order valence-corrected chi connectivity index (χ2v) is 5.07. The summed E-state index contributed by atoms with van der Waals surface area (Å²) >= 11 is 0. The molecular formula is C13H19F12N. The molecule has 0 aliphatic rings. The molecule has 0 aliphatic carbocycles. The van der Waals surface area contributed by atoms with Gasteiger partial charge < -0.3 is 5.32 Å². The Labute approximate surface area is 142 Å². The van der Waals surface area contributed by atoms with Crippen LogP contribution in [0.3, 0.4) is 0 Å². The lowest BCUT2D eigenvalue weighted by atomic mass is 10.1. The lowest BCUT2D eigenvalue weighted by molar-refractivity contribution is -0.266. The highest BCUT2D eigenvalue weighted by Crippen LogP contribution is 2.41. The lowest BCUT2D eigenvalue weighted by Gasteiger charge is -2.25. The van der Waals surface area contributed by atoms with Crippen LogP contribution in [0.4, 0.5) is 52.7 Å². The predicted octanol–water partition coefficient (Wildman–Crippen LogP) is 5.50. The molecule has 0 saturated carbocycles. The van der Waals surface area contributed by atoms with Gasteiger partial charge in [0.15, 0.2) is 6.67 Å². The number of alkyl halides is 12. The summed E-state index contributed by atoms with van der Waals surface area (Å²) in [4.78, 5) is 0. The topological polar surface area (TPSA) is 12.0 Å². The maximum absolute atomic E-state index is 12.8. The van der Waals surface area contributed by atoms with Gasteiger partial charge in [0, 0.05) is 6.42 Å². The summed E-state index contributed by atoms with van der Waals surface area (Å²) < 4.78 is 140. The zero-order chi connectivity index (χ0) is 21.0. The molecule has 0 aliphatic heterocycles. The van der Waals surface area contributed by atoms with Gasteiger partial charge in [0.1, 0.15) is 0 Å². The SMILES string of the molecule is FCC(F)(F)C(F)F.FCCCCNCCCC(F)(F)C(F)(F)C(F)F. The van der Waals surface area contributed by atoms with Crippen molar-refractivity contribution in [2.45, 2.75) is 56.3 Å². The zero-order valence-electron chi connectivity index (χ0n) is 13.3. The first-order valence-electron chi connectivity index (χ1n) is 7.28. The van der Waals surface area contributed by atoms with E-state index in [1.54, 1.807) is 0 Å². The first-order chi connectivity index (χ1) is 11.8. The average molecular weight is 417 g/mol. The molecule has 0 spiro atoms. The molecular weight excluding hydrogens is 398 g/mol. The van der Waals surface area contributed by atoms with E-state index in [0.717, 1.165) is 0 Å². The fraction of sp³-hybridized carbons (Fsp3) is 1.00. The molecule has 0 aromatic carbocycles. The summed E-state index contributed by atoms with van der Waals surface area (Å²) in [7, 11) is 0. The standard InChI is InChI=1S/C10H16F7N.C3H3F5/c11-5-1-2-6-18-7-3-4-9(14,15)10(16,17)8(12)13;4-1-3(7,8)2(5)6/h8,18H,1-7H2;2H,1H2. The number of rotatable bonds is 12. The summed E-state index contributed by atoms with van der Waals surface area (Å²) in [6.07, 6.45) is -9.13. The van der Waals surface area contributed by atoms with Gasteiger partial charge in [-0.15, -0.1) is 0 Å². The third kappa shape index (κ3) is 10.3. The Bertz CT molecular complexity index is 348. The van der Waals surface area contributed by atoms with E-state index in [1.807, 2.05) is 0 Å². The van der Waals surface area contributed by atoms with Crippen molar-refractivity contribution in [3.05, 3.63) is 0 Å². The Morgan fingerprint density at radius 2 is 1.19 bits per heavy atom. The van der Waals surface area contributed by atoms with E-state index in [4.69, 9.17) is 0 Å². The smallest absolute Gasteiger partial charge is 0.317 e. The molecule has 160 valence electrons. The van der Waals surface area contributed by atoms with Crippen LogP contribution in [0.15, 0.2) is 0 Å². The van der Waals surface area contributed by atoms with Gasteiger partial charge in [-0.2, -0.15) is 26.3 Å². The second-order valence-electron chi connectivity index (χ2n) is 5.07. The molecule has 1 nitrogen and oxygen atoms in total. The van der Waals surface area contributed by atoms with Gasteiger partial charge in [-0.1, -0.05) is 0 Å². The molecule has 0 atom stereocenters. The van der Waals surface area contributed by atoms with Crippen LogP contribution in [0.25, 0.3) is 0 Å². The van der Waals surface area contributed by atoms with Gasteiger partial charge >= 0.3 is 30.6 Å². The molecule has 0 aromatic rings. The number of nitrogens with one attached hydrogen (secondary N) is 1. The molecule has 0 heterocycles. The normalized spacial score (nSPS) is 13.2. The molecule has 1 N–H and O–H groups in total. The van der Waals surface area contributed by atoms with Crippen molar-refractivity contribution in [3.8, 4) is 0 Å². The maximum atomic E-state index is 12.8. The number of unbranched alkanes of at least 4 members (excludes halogenated alkanes) is 1. The minimum absolute atomic E-state index is 0.00118. The van der Waals surface area contributed by atoms with Crippen LogP contribution in [0, 0.1) is 0 Å². The van der Waals surface area contributed by atoms with E-state index in [1.165, 1.54) is 0 Å². The highest BCUT2D eigenvalue weighted by atomic mass is 19.3. The molecule has 0 amide bonds. The third-order valence-corrected chi connectivity index (χ3v) is 2.84. The van der Waals surface area contributed by atoms with Crippen LogP contribution in [0.2, 0.25) is 0 Å². The van der Waals surface area contributed by atoms with Gasteiger partial charge in [-0.3, -0.25) is 4.39 Å². The van der Waals surface area contributed by atoms with E-state index in [2.05, 4.69) is 5.32 Å². The minimum atomic E-state index is -5.30. The monoisotopic (exact) mass is 417 g/mol. The molecule has 0 saturated heterocycles. The Morgan fingerprint density at radius 1 is 0.692 bits per heavy atom. The van der Waals surface area contributed by atoms with Crippen molar-refractivity contribution < 1.29 is 52.7 Å². The highest BCUT2D eigenvalue weighted by molar-refractivity contribution is 4.86. The second kappa shape index (κ2) is 12.5. The summed E-state index contributed by atoms with van der Waals surface area (Å²) in [5.74, 6) is -14.5. The summed E-state index contributed by atoms with van der Waals surface area (Å²) in [5.41, 5.74) is 0. The van der Waals surface area contributed by atoms with Crippen molar-refractivity contribution in [2.24, 2.45) is 0 Å². The Hall–Kier alpha value is -0.880. The van der Waals surface area contributed by atoms with Gasteiger partial charge in [0.05, 0.1) is 6.67 Å². The number of hydrogen-bond acceptors (Lipinski definition) is 1. The van der Waals surface area contributed by atoms with Crippen molar-refractivity contribution >= 4 is 0 Å². The average Bonchev–Trinajstić information content (AvgIpc) is 2.54. The number of halogens is 12. The van der Waals surface area contributed by atoms with Crippen LogP contribution in [-0.2, 0) is 0 Å². The summed E-state index contributed by atoms with van der Waals surface area (Å²) in [6, 6.07) is 0. The molecule has 26 heavy (non-hydrogen) atoms. The Balaban J connectivity index is 0. The fourth-order valence-electron chi connectivity index (χ4n) is 1.29. The summed E-state index contributed by atoms with van der Waals surface area (Å²) in [5, 5.41) is 2.64. The molecule has 0 fully saturated rings. The van der Waals surface area contributed by atoms with Gasteiger partial charge in [0.25, 0.3) is 0 Å². The predicted molar refractivity (Wildman–Crippen MR) is 70.1 cm³/mol. The van der Waals surface area contributed by atoms with Crippen LogP contribution >= 0.6 is 0 Å². The zero-order valence-corrected chi connectivity index (χ0v) is 13.3. The van der Waals surface area contributed by atoms with Crippen molar-refractivity contribution in [2.75, 3.05) is 26.4 Å². The lowest BCUT2D eigenvalue weighted by Crippen LogP contribution is -2.46. The van der Waals surface area contributed by atoms with Gasteiger partial charge in [-0.25, -0.2) is 22.0 Å². The van der Waals surface area contributed by atoms with Crippen LogP contribution in [0.1, 0.15) is 25.7 Å². The first kappa shape index (κ1) is 27.3. The number of hydrogen-bond donors (Lipinski definition) is 1. The first-order valence-corrected chi connectivity index (χ1v) is 7.28. The molecule has 0 rings (SSSR count). The Kier molecular flexibility index (Phi) is 13.1. The van der Waals surface area contributed by atoms with E-state index in [9.17, 15) is 52.7 Å².